The highest BCUT2D eigenvalue weighted by molar-refractivity contribution is 8.01. The summed E-state index contributed by atoms with van der Waals surface area (Å²) in [6, 6.07) is -1.10. The topological polar surface area (TPSA) is 166 Å². The summed E-state index contributed by atoms with van der Waals surface area (Å²) >= 11 is 2.58. The third kappa shape index (κ3) is 15.3. The Balaban J connectivity index is 1.84. The van der Waals surface area contributed by atoms with Crippen molar-refractivity contribution in [2.45, 2.75) is 141 Å². The highest BCUT2D eigenvalue weighted by atomic mass is 32.2. The van der Waals surface area contributed by atoms with Gasteiger partial charge >= 0.3 is 0 Å². The Bertz CT molecular complexity index is 1130. The quantitative estimate of drug-likeness (QED) is 0.136. The normalized spacial score (nSPS) is 20.7. The molecule has 2 saturated heterocycles. The second-order valence-corrected chi connectivity index (χ2v) is 19.3. The number of thioether (sulfide) groups is 2. The highest BCUT2D eigenvalue weighted by Crippen LogP contribution is 2.28. The minimum atomic E-state index is -0.591. The Kier molecular flexibility index (Phi) is 15.2. The van der Waals surface area contributed by atoms with Crippen molar-refractivity contribution < 1.29 is 33.5 Å². The van der Waals surface area contributed by atoms with Crippen molar-refractivity contribution >= 4 is 59.0 Å². The number of nitrogens with one attached hydrogen (secondary N) is 4. The van der Waals surface area contributed by atoms with Gasteiger partial charge in [-0.1, -0.05) is 0 Å². The standard InChI is InChI=1S/C34H60N6O7S2/c1-31(2,3)35-21(27(43)37-33(7,8)9)19-48-23-17-25(41)39(29(23)45)13-15-47-16-14-40-26(42)18-24(30(40)46)49-20-22(36-32(4,5)6)28(44)38-34(10,11)12/h21-24,35-36H,13-20H2,1-12H3,(H,37,43)(H,38,44)/t21-,22-,23?,24?/m0/s1. The number of imide groups is 2. The van der Waals surface area contributed by atoms with E-state index in [-0.39, 0.29) is 85.7 Å². The molecule has 15 heteroatoms. The van der Waals surface area contributed by atoms with E-state index in [0.29, 0.717) is 11.5 Å². The molecule has 2 rings (SSSR count). The number of ether oxygens (including phenoxy) is 1. The molecular weight excluding hydrogens is 669 g/mol. The number of carbonyl (C=O) groups is 6. The second kappa shape index (κ2) is 17.3. The van der Waals surface area contributed by atoms with Crippen molar-refractivity contribution in [1.82, 2.24) is 31.1 Å². The van der Waals surface area contributed by atoms with Gasteiger partial charge in [0.2, 0.25) is 35.4 Å². The van der Waals surface area contributed by atoms with Crippen molar-refractivity contribution in [2.24, 2.45) is 0 Å². The van der Waals surface area contributed by atoms with Crippen molar-refractivity contribution in [3.63, 3.8) is 0 Å². The van der Waals surface area contributed by atoms with Gasteiger partial charge in [0, 0.05) is 46.5 Å². The van der Waals surface area contributed by atoms with E-state index in [1.165, 1.54) is 33.3 Å². The van der Waals surface area contributed by atoms with Crippen LogP contribution in [0.1, 0.15) is 95.9 Å². The number of likely N-dealkylation sites (tertiary alicyclic amines) is 2. The minimum absolute atomic E-state index is 0.0481. The van der Waals surface area contributed by atoms with Crippen LogP contribution in [0.25, 0.3) is 0 Å². The molecular formula is C34H60N6O7S2. The van der Waals surface area contributed by atoms with Crippen LogP contribution < -0.4 is 21.3 Å². The molecule has 0 bridgehead atoms. The van der Waals surface area contributed by atoms with Crippen LogP contribution in [0, 0.1) is 0 Å². The van der Waals surface area contributed by atoms with E-state index in [4.69, 9.17) is 4.74 Å². The lowest BCUT2D eigenvalue weighted by atomic mass is 10.1. The lowest BCUT2D eigenvalue weighted by Crippen LogP contribution is -2.56. The lowest BCUT2D eigenvalue weighted by Gasteiger charge is -2.31. The van der Waals surface area contributed by atoms with E-state index < -0.39 is 33.7 Å². The summed E-state index contributed by atoms with van der Waals surface area (Å²) in [5.74, 6) is -0.917. The lowest BCUT2D eigenvalue weighted by molar-refractivity contribution is -0.139. The van der Waals surface area contributed by atoms with Crippen molar-refractivity contribution in [3.8, 4) is 0 Å². The van der Waals surface area contributed by atoms with Crippen LogP contribution in [0.2, 0.25) is 0 Å². The van der Waals surface area contributed by atoms with Gasteiger partial charge in [0.05, 0.1) is 48.9 Å². The number of amides is 6. The third-order valence-electron chi connectivity index (χ3n) is 7.10. The molecule has 2 aliphatic heterocycles. The van der Waals surface area contributed by atoms with E-state index in [2.05, 4.69) is 21.3 Å². The molecule has 0 aromatic carbocycles. The zero-order valence-electron chi connectivity index (χ0n) is 31.5. The maximum absolute atomic E-state index is 13.1. The van der Waals surface area contributed by atoms with Gasteiger partial charge in [0.25, 0.3) is 0 Å². The highest BCUT2D eigenvalue weighted by Gasteiger charge is 2.41. The van der Waals surface area contributed by atoms with Gasteiger partial charge < -0.3 is 26.0 Å². The maximum atomic E-state index is 13.1. The second-order valence-electron chi connectivity index (χ2n) is 16.8. The zero-order valence-corrected chi connectivity index (χ0v) is 33.2. The van der Waals surface area contributed by atoms with Crippen LogP contribution in [-0.4, -0.2) is 128 Å². The van der Waals surface area contributed by atoms with E-state index in [9.17, 15) is 28.8 Å². The SMILES string of the molecule is CC(C)(C)NC(=O)[C@H](CSC1CC(=O)N(CCOCCN2C(=O)CC(SC[C@H](NC(C)(C)C)C(=O)NC(C)(C)C)C2=O)C1=O)NC(C)(C)C. The molecule has 2 heterocycles. The maximum Gasteiger partial charge on any atom is 0.242 e. The Morgan fingerprint density at radius 3 is 1.24 bits per heavy atom. The molecule has 0 aromatic heterocycles. The van der Waals surface area contributed by atoms with Crippen LogP contribution in [0.5, 0.6) is 0 Å². The molecule has 0 saturated carbocycles. The fourth-order valence-electron chi connectivity index (χ4n) is 5.20. The van der Waals surface area contributed by atoms with E-state index in [1.54, 1.807) is 0 Å². The third-order valence-corrected chi connectivity index (χ3v) is 9.69. The molecule has 49 heavy (non-hydrogen) atoms. The van der Waals surface area contributed by atoms with Crippen LogP contribution in [0.15, 0.2) is 0 Å². The van der Waals surface area contributed by atoms with E-state index >= 15 is 0 Å². The Hall–Kier alpha value is -2.20. The fraction of sp³-hybridized carbons (Fsp3) is 0.824. The number of carbonyl (C=O) groups excluding carboxylic acids is 6. The summed E-state index contributed by atoms with van der Waals surface area (Å²) in [6.45, 7) is 23.5. The monoisotopic (exact) mass is 728 g/mol. The van der Waals surface area contributed by atoms with E-state index in [1.807, 2.05) is 83.1 Å². The summed E-state index contributed by atoms with van der Waals surface area (Å²) in [5.41, 5.74) is -1.49. The number of hydrogen-bond acceptors (Lipinski definition) is 11. The summed E-state index contributed by atoms with van der Waals surface area (Å²) in [5, 5.41) is 11.4. The summed E-state index contributed by atoms with van der Waals surface area (Å²) in [6.07, 6.45) is 0.0961. The van der Waals surface area contributed by atoms with Gasteiger partial charge in [0.15, 0.2) is 0 Å². The predicted octanol–water partition coefficient (Wildman–Crippen LogP) is 2.07. The number of hydrogen-bond donors (Lipinski definition) is 4. The van der Waals surface area contributed by atoms with Crippen molar-refractivity contribution in [2.75, 3.05) is 37.8 Å². The van der Waals surface area contributed by atoms with Crippen LogP contribution >= 0.6 is 23.5 Å². The molecule has 6 amide bonds. The molecule has 0 spiro atoms. The smallest absolute Gasteiger partial charge is 0.242 e. The zero-order chi connectivity index (χ0) is 37.5. The Labute approximate surface area is 301 Å². The van der Waals surface area contributed by atoms with Gasteiger partial charge in [0.1, 0.15) is 0 Å². The van der Waals surface area contributed by atoms with E-state index in [0.717, 1.165) is 0 Å². The van der Waals surface area contributed by atoms with Crippen molar-refractivity contribution in [1.29, 1.82) is 0 Å². The summed E-state index contributed by atoms with van der Waals surface area (Å²) in [4.78, 5) is 79.8. The predicted molar refractivity (Wildman–Crippen MR) is 195 cm³/mol. The average Bonchev–Trinajstić information content (AvgIpc) is 3.33. The minimum Gasteiger partial charge on any atom is -0.378 e. The summed E-state index contributed by atoms with van der Waals surface area (Å²) in [7, 11) is 0. The molecule has 0 aromatic rings. The molecule has 0 radical (unpaired) electrons. The van der Waals surface area contributed by atoms with Gasteiger partial charge in [-0.2, -0.15) is 0 Å². The first-order chi connectivity index (χ1) is 22.3. The van der Waals surface area contributed by atoms with Crippen LogP contribution in [-0.2, 0) is 33.5 Å². The first-order valence-corrected chi connectivity index (χ1v) is 19.0. The van der Waals surface area contributed by atoms with Gasteiger partial charge in [-0.3, -0.25) is 38.6 Å². The molecule has 4 atom stereocenters. The molecule has 280 valence electrons. The fourth-order valence-corrected chi connectivity index (χ4v) is 7.58. The number of nitrogens with zero attached hydrogens (tertiary/aromatic N) is 2. The van der Waals surface area contributed by atoms with Gasteiger partial charge in [-0.25, -0.2) is 0 Å². The first-order valence-electron chi connectivity index (χ1n) is 16.9. The number of rotatable bonds is 16. The molecule has 0 aliphatic carbocycles. The molecule has 2 unspecified atom stereocenters. The Morgan fingerprint density at radius 2 is 0.959 bits per heavy atom. The van der Waals surface area contributed by atoms with Crippen LogP contribution in [0.4, 0.5) is 0 Å². The molecule has 4 N–H and O–H groups in total. The Morgan fingerprint density at radius 1 is 0.633 bits per heavy atom. The molecule has 2 aliphatic rings. The van der Waals surface area contributed by atoms with Crippen LogP contribution in [0.3, 0.4) is 0 Å². The molecule has 13 nitrogen and oxygen atoms in total. The van der Waals surface area contributed by atoms with Gasteiger partial charge in [-0.05, 0) is 83.1 Å². The van der Waals surface area contributed by atoms with Gasteiger partial charge in [-0.15, -0.1) is 23.5 Å². The first kappa shape index (κ1) is 43.0. The summed E-state index contributed by atoms with van der Waals surface area (Å²) < 4.78 is 5.65. The largest absolute Gasteiger partial charge is 0.378 e. The molecule has 2 fully saturated rings. The average molecular weight is 729 g/mol. The van der Waals surface area contributed by atoms with Crippen molar-refractivity contribution in [3.05, 3.63) is 0 Å².